The van der Waals surface area contributed by atoms with Gasteiger partial charge in [-0.3, -0.25) is 14.2 Å². The molecular formula is C53H61N9O8S. The second-order valence-electron chi connectivity index (χ2n) is 20.0. The van der Waals surface area contributed by atoms with Crippen LogP contribution in [-0.4, -0.2) is 111 Å². The number of rotatable bonds is 12. The fourth-order valence-electron chi connectivity index (χ4n) is 11.2. The predicted octanol–water partition coefficient (Wildman–Crippen LogP) is 9.13. The highest BCUT2D eigenvalue weighted by Gasteiger charge is 2.41. The maximum absolute atomic E-state index is 14.3. The van der Waals surface area contributed by atoms with Crippen molar-refractivity contribution in [3.8, 4) is 39.5 Å². The minimum atomic E-state index is -0.720. The minimum absolute atomic E-state index is 0.0484. The molecule has 4 fully saturated rings. The number of likely N-dealkylation sites (tertiary alicyclic amines) is 2. The Bertz CT molecular complexity index is 3000. The van der Waals surface area contributed by atoms with Crippen molar-refractivity contribution < 1.29 is 38.1 Å². The first-order chi connectivity index (χ1) is 34.5. The SMILES string of the molecule is COC(=O)N[C@H](C(=O)N1CCC[C@H]1c1ncc(-c2cc(C)c3c(c2)OC(c2ccc(C4CC4)s2)n2c-3cc3cc(-c4cnc([C@@H]5CCCN5C(=O)[C@@H](NC(=O)OC)C5CCOCC5)[nH]4)ccc32)[nH]1)C(C)C. The zero-order valence-electron chi connectivity index (χ0n) is 40.8. The molecule has 6 aromatic rings. The number of ether oxygens (including phenoxy) is 4. The molecule has 5 aliphatic rings. The molecule has 4 amide bonds. The lowest BCUT2D eigenvalue weighted by Gasteiger charge is -2.34. The third-order valence-electron chi connectivity index (χ3n) is 15.1. The fraction of sp³-hybridized carbons (Fsp3) is 0.472. The number of amides is 4. The lowest BCUT2D eigenvalue weighted by Crippen LogP contribution is -2.53. The number of carbonyl (C=O) groups excluding carboxylic acids is 4. The number of hydrogen-bond acceptors (Lipinski definition) is 11. The average molecular weight is 984 g/mol. The van der Waals surface area contributed by atoms with E-state index in [0.717, 1.165) is 92.4 Å². The van der Waals surface area contributed by atoms with Crippen molar-refractivity contribution in [3.05, 3.63) is 87.9 Å². The Labute approximate surface area is 416 Å². The van der Waals surface area contributed by atoms with Crippen LogP contribution in [0.25, 0.3) is 44.7 Å². The number of carbonyl (C=O) groups is 4. The van der Waals surface area contributed by atoms with Crippen LogP contribution in [0, 0.1) is 18.8 Å². The van der Waals surface area contributed by atoms with Crippen LogP contribution in [0.5, 0.6) is 5.75 Å². The first kappa shape index (κ1) is 46.7. The molecule has 5 atom stereocenters. The monoisotopic (exact) mass is 983 g/mol. The Morgan fingerprint density at radius 2 is 1.41 bits per heavy atom. The summed E-state index contributed by atoms with van der Waals surface area (Å²) in [5, 5.41) is 6.64. The third kappa shape index (κ3) is 8.82. The number of methoxy groups -OCH3 is 2. The molecule has 4 aromatic heterocycles. The summed E-state index contributed by atoms with van der Waals surface area (Å²) in [6.45, 7) is 8.18. The van der Waals surface area contributed by atoms with Gasteiger partial charge in [-0.1, -0.05) is 19.9 Å². The van der Waals surface area contributed by atoms with Gasteiger partial charge in [-0.15, -0.1) is 11.3 Å². The summed E-state index contributed by atoms with van der Waals surface area (Å²) >= 11 is 1.83. The van der Waals surface area contributed by atoms with Crippen molar-refractivity contribution in [1.29, 1.82) is 0 Å². The van der Waals surface area contributed by atoms with Crippen molar-refractivity contribution in [1.82, 2.24) is 44.9 Å². The van der Waals surface area contributed by atoms with Gasteiger partial charge < -0.3 is 49.3 Å². The molecule has 0 bridgehead atoms. The van der Waals surface area contributed by atoms with Gasteiger partial charge in [0, 0.05) is 53.3 Å². The number of benzene rings is 2. The summed E-state index contributed by atoms with van der Waals surface area (Å²) in [5.74, 6) is 2.36. The number of imidazole rings is 2. The standard InChI is InChI=1S/C53H61N9O8S/c1-28(2)45(58-52(65)67-4)49(63)60-18-6-8-38(60)48-55-27-36(57-48)33-22-29(3)44-40-24-34-23-32(12-13-37(34)62(40)51(70-41(44)25-33)43-15-14-42(71-43)30-10-11-30)35-26-54-47(56-35)39-9-7-19-61(39)50(64)46(59-53(66)68-5)31-16-20-69-21-17-31/h12-15,22-28,30-31,38-39,45-46,51H,6-11,16-21H2,1-5H3,(H,54,56)(H,55,57)(H,58,65)(H,59,66)/t38-,39-,45-,46-,51?/m0/s1. The molecule has 4 N–H and O–H groups in total. The lowest BCUT2D eigenvalue weighted by atomic mass is 9.90. The van der Waals surface area contributed by atoms with Crippen LogP contribution in [0.2, 0.25) is 0 Å². The zero-order valence-corrected chi connectivity index (χ0v) is 41.6. The first-order valence-electron chi connectivity index (χ1n) is 25.0. The Morgan fingerprint density at radius 3 is 2.07 bits per heavy atom. The van der Waals surface area contributed by atoms with Crippen LogP contribution in [0.1, 0.15) is 116 Å². The normalized spacial score (nSPS) is 20.9. The molecule has 372 valence electrons. The van der Waals surface area contributed by atoms with E-state index >= 15 is 0 Å². The Balaban J connectivity index is 0.896. The average Bonchev–Trinajstić information content (AvgIpc) is 4.11. The van der Waals surface area contributed by atoms with Crippen LogP contribution in [0.4, 0.5) is 9.59 Å². The van der Waals surface area contributed by atoms with E-state index in [1.54, 1.807) is 0 Å². The van der Waals surface area contributed by atoms with Gasteiger partial charge in [0.1, 0.15) is 29.5 Å². The molecule has 17 nitrogen and oxygen atoms in total. The van der Waals surface area contributed by atoms with Gasteiger partial charge in [0.15, 0.2) is 0 Å². The second-order valence-corrected chi connectivity index (χ2v) is 21.1. The van der Waals surface area contributed by atoms with Gasteiger partial charge in [0.2, 0.25) is 18.0 Å². The summed E-state index contributed by atoms with van der Waals surface area (Å²) in [6, 6.07) is 15.5. The highest BCUT2D eigenvalue weighted by Crippen LogP contribution is 2.50. The third-order valence-corrected chi connectivity index (χ3v) is 16.4. The number of nitrogens with zero attached hydrogens (tertiary/aromatic N) is 5. The molecule has 2 aromatic carbocycles. The predicted molar refractivity (Wildman–Crippen MR) is 267 cm³/mol. The van der Waals surface area contributed by atoms with Crippen LogP contribution in [0.15, 0.2) is 60.9 Å². The van der Waals surface area contributed by atoms with E-state index in [0.29, 0.717) is 50.9 Å². The number of aromatic amines is 2. The van der Waals surface area contributed by atoms with Gasteiger partial charge in [-0.25, -0.2) is 19.6 Å². The Hall–Kier alpha value is -6.66. The van der Waals surface area contributed by atoms with Crippen molar-refractivity contribution in [2.24, 2.45) is 11.8 Å². The van der Waals surface area contributed by atoms with E-state index in [1.165, 1.54) is 31.9 Å². The molecule has 3 saturated heterocycles. The number of nitrogens with one attached hydrogen (secondary N) is 4. The summed E-state index contributed by atoms with van der Waals surface area (Å²) in [6.07, 6.45) is 8.98. The van der Waals surface area contributed by atoms with Crippen LogP contribution in [-0.2, 0) is 23.8 Å². The fourth-order valence-corrected chi connectivity index (χ4v) is 12.4. The highest BCUT2D eigenvalue weighted by molar-refractivity contribution is 7.12. The quantitative estimate of drug-likeness (QED) is 0.0918. The van der Waals surface area contributed by atoms with E-state index < -0.39 is 30.5 Å². The molecule has 11 rings (SSSR count). The van der Waals surface area contributed by atoms with Crippen molar-refractivity contribution in [2.75, 3.05) is 40.5 Å². The molecule has 1 saturated carbocycles. The molecule has 4 aliphatic heterocycles. The highest BCUT2D eigenvalue weighted by atomic mass is 32.1. The second kappa shape index (κ2) is 19.2. The number of aromatic nitrogens is 5. The maximum Gasteiger partial charge on any atom is 0.407 e. The maximum atomic E-state index is 14.3. The number of H-pyrrole nitrogens is 2. The number of hydrogen-bond donors (Lipinski definition) is 4. The van der Waals surface area contributed by atoms with E-state index in [-0.39, 0.29) is 35.7 Å². The van der Waals surface area contributed by atoms with Crippen molar-refractivity contribution >= 4 is 46.2 Å². The van der Waals surface area contributed by atoms with Crippen molar-refractivity contribution in [2.45, 2.75) is 108 Å². The summed E-state index contributed by atoms with van der Waals surface area (Å²) in [7, 11) is 2.61. The molecular weight excluding hydrogens is 923 g/mol. The van der Waals surface area contributed by atoms with Crippen LogP contribution in [0.3, 0.4) is 0 Å². The van der Waals surface area contributed by atoms with E-state index in [4.69, 9.17) is 28.9 Å². The molecule has 18 heteroatoms. The number of alkyl carbamates (subject to hydrolysis) is 2. The van der Waals surface area contributed by atoms with Crippen molar-refractivity contribution in [3.63, 3.8) is 0 Å². The number of fused-ring (bicyclic) bond motifs is 5. The van der Waals surface area contributed by atoms with Gasteiger partial charge in [0.25, 0.3) is 0 Å². The number of aryl methyl sites for hydroxylation is 1. The largest absolute Gasteiger partial charge is 0.464 e. The van der Waals surface area contributed by atoms with Gasteiger partial charge >= 0.3 is 12.2 Å². The smallest absolute Gasteiger partial charge is 0.407 e. The molecule has 0 spiro atoms. The van der Waals surface area contributed by atoms with Gasteiger partial charge in [-0.2, -0.15) is 0 Å². The Kier molecular flexibility index (Phi) is 12.6. The van der Waals surface area contributed by atoms with E-state index in [9.17, 15) is 19.2 Å². The lowest BCUT2D eigenvalue weighted by molar-refractivity contribution is -0.137. The molecule has 1 unspecified atom stereocenters. The van der Waals surface area contributed by atoms with Gasteiger partial charge in [-0.05, 0) is 124 Å². The first-order valence-corrected chi connectivity index (χ1v) is 25.8. The Morgan fingerprint density at radius 1 is 0.761 bits per heavy atom. The van der Waals surface area contributed by atoms with Crippen LogP contribution >= 0.6 is 11.3 Å². The topological polar surface area (TPSA) is 198 Å². The van der Waals surface area contributed by atoms with Gasteiger partial charge in [0.05, 0.1) is 66.2 Å². The summed E-state index contributed by atoms with van der Waals surface area (Å²) in [5.41, 5.74) is 7.73. The molecule has 0 radical (unpaired) electrons. The minimum Gasteiger partial charge on any atom is -0.464 e. The summed E-state index contributed by atoms with van der Waals surface area (Å²) < 4.78 is 24.8. The number of thiophene rings is 1. The molecule has 8 heterocycles. The van der Waals surface area contributed by atoms with E-state index in [1.807, 2.05) is 47.4 Å². The van der Waals surface area contributed by atoms with E-state index in [2.05, 4.69) is 80.6 Å². The summed E-state index contributed by atoms with van der Waals surface area (Å²) in [4.78, 5) is 75.8. The molecule has 1 aliphatic carbocycles. The van der Waals surface area contributed by atoms with Crippen LogP contribution < -0.4 is 15.4 Å². The zero-order chi connectivity index (χ0) is 49.1. The molecule has 71 heavy (non-hydrogen) atoms.